The summed E-state index contributed by atoms with van der Waals surface area (Å²) >= 11 is 1.61. The summed E-state index contributed by atoms with van der Waals surface area (Å²) in [5.74, 6) is -1.02. The largest absolute Gasteiger partial charge is 0.573 e. The first-order valence-electron chi connectivity index (χ1n) is 4.17. The number of alkyl halides is 5. The van der Waals surface area contributed by atoms with Gasteiger partial charge in [0.15, 0.2) is 5.75 Å². The van der Waals surface area contributed by atoms with Crippen molar-refractivity contribution >= 4 is 22.6 Å². The van der Waals surface area contributed by atoms with Crippen LogP contribution in [-0.4, -0.2) is 11.3 Å². The summed E-state index contributed by atoms with van der Waals surface area (Å²) in [5.41, 5.74) is 4.19. The van der Waals surface area contributed by atoms with E-state index in [-0.39, 0.29) is 15.8 Å². The Labute approximate surface area is 106 Å². The van der Waals surface area contributed by atoms with Crippen LogP contribution < -0.4 is 10.5 Å². The van der Waals surface area contributed by atoms with Gasteiger partial charge in [-0.2, -0.15) is 0 Å². The maximum atomic E-state index is 12.7. The lowest BCUT2D eigenvalue weighted by atomic mass is 10.1. The second-order valence-corrected chi connectivity index (χ2v) is 3.88. The number of halogens is 6. The van der Waals surface area contributed by atoms with Crippen LogP contribution in [0.15, 0.2) is 6.20 Å². The molecule has 0 aliphatic rings. The van der Waals surface area contributed by atoms with Crippen molar-refractivity contribution in [3.63, 3.8) is 0 Å². The van der Waals surface area contributed by atoms with Gasteiger partial charge in [-0.1, -0.05) is 0 Å². The average molecular weight is 368 g/mol. The number of nitrogens with zero attached hydrogens (tertiary/aromatic N) is 1. The van der Waals surface area contributed by atoms with Crippen LogP contribution in [0.3, 0.4) is 0 Å². The topological polar surface area (TPSA) is 48.1 Å². The fourth-order valence-electron chi connectivity index (χ4n) is 1.16. The van der Waals surface area contributed by atoms with Crippen molar-refractivity contribution < 1.29 is 26.7 Å². The highest BCUT2D eigenvalue weighted by atomic mass is 127. The summed E-state index contributed by atoms with van der Waals surface area (Å²) in [4.78, 5) is 3.53. The van der Waals surface area contributed by atoms with Gasteiger partial charge in [-0.3, -0.25) is 0 Å². The number of pyridine rings is 1. The van der Waals surface area contributed by atoms with E-state index in [1.807, 2.05) is 0 Å². The SMILES string of the molecule is NCc1c(I)ncc(OC(F)(F)F)c1C(F)F. The lowest BCUT2D eigenvalue weighted by Crippen LogP contribution is -2.20. The van der Waals surface area contributed by atoms with E-state index < -0.39 is 24.1 Å². The minimum atomic E-state index is -5.05. The van der Waals surface area contributed by atoms with Gasteiger partial charge in [-0.15, -0.1) is 13.2 Å². The molecule has 0 bridgehead atoms. The first-order valence-corrected chi connectivity index (χ1v) is 5.25. The van der Waals surface area contributed by atoms with E-state index in [9.17, 15) is 22.0 Å². The Morgan fingerprint density at radius 2 is 2.00 bits per heavy atom. The molecular formula is C8H6F5IN2O. The van der Waals surface area contributed by atoms with Gasteiger partial charge >= 0.3 is 6.36 Å². The lowest BCUT2D eigenvalue weighted by Gasteiger charge is -2.15. The first-order chi connectivity index (χ1) is 7.76. The number of rotatable bonds is 3. The molecule has 1 aromatic heterocycles. The zero-order chi connectivity index (χ0) is 13.2. The summed E-state index contributed by atoms with van der Waals surface area (Å²) < 4.78 is 65.0. The number of aromatic nitrogens is 1. The molecule has 0 saturated heterocycles. The summed E-state index contributed by atoms with van der Waals surface area (Å²) in [5, 5.41) is 0. The van der Waals surface area contributed by atoms with E-state index in [4.69, 9.17) is 5.73 Å². The monoisotopic (exact) mass is 368 g/mol. The molecule has 1 aromatic rings. The minimum absolute atomic E-state index is 0.120. The van der Waals surface area contributed by atoms with Crippen molar-refractivity contribution in [3.8, 4) is 5.75 Å². The molecule has 2 N–H and O–H groups in total. The lowest BCUT2D eigenvalue weighted by molar-refractivity contribution is -0.275. The van der Waals surface area contributed by atoms with Gasteiger partial charge in [-0.25, -0.2) is 13.8 Å². The van der Waals surface area contributed by atoms with Gasteiger partial charge in [0.2, 0.25) is 0 Å². The predicted molar refractivity (Wildman–Crippen MR) is 56.5 cm³/mol. The molecule has 0 aliphatic carbocycles. The van der Waals surface area contributed by atoms with Crippen LogP contribution in [0.5, 0.6) is 5.75 Å². The van der Waals surface area contributed by atoms with Crippen molar-refractivity contribution in [2.75, 3.05) is 0 Å². The smallest absolute Gasteiger partial charge is 0.404 e. The van der Waals surface area contributed by atoms with Crippen LogP contribution in [0, 0.1) is 3.70 Å². The van der Waals surface area contributed by atoms with Gasteiger partial charge in [0.05, 0.1) is 11.8 Å². The molecule has 0 unspecified atom stereocenters. The fraction of sp³-hybridized carbons (Fsp3) is 0.375. The molecule has 9 heteroatoms. The summed E-state index contributed by atoms with van der Waals surface area (Å²) in [6.07, 6.45) is -7.57. The Kier molecular flexibility index (Phi) is 4.47. The molecule has 96 valence electrons. The third-order valence-corrected chi connectivity index (χ3v) is 2.71. The van der Waals surface area contributed by atoms with Crippen molar-refractivity contribution in [2.24, 2.45) is 5.73 Å². The minimum Gasteiger partial charge on any atom is -0.404 e. The molecule has 0 aliphatic heterocycles. The summed E-state index contributed by atoms with van der Waals surface area (Å²) in [7, 11) is 0. The third kappa shape index (κ3) is 3.63. The molecule has 0 fully saturated rings. The molecule has 0 radical (unpaired) electrons. The Morgan fingerprint density at radius 3 is 2.41 bits per heavy atom. The molecule has 1 rings (SSSR count). The zero-order valence-electron chi connectivity index (χ0n) is 8.06. The van der Waals surface area contributed by atoms with Crippen molar-refractivity contribution in [1.29, 1.82) is 0 Å². The van der Waals surface area contributed by atoms with E-state index in [0.717, 1.165) is 0 Å². The predicted octanol–water partition coefficient (Wildman–Crippen LogP) is 2.98. The molecule has 0 aromatic carbocycles. The van der Waals surface area contributed by atoms with Crippen molar-refractivity contribution in [3.05, 3.63) is 21.0 Å². The van der Waals surface area contributed by atoms with E-state index in [1.165, 1.54) is 0 Å². The standard InChI is InChI=1S/C8H6F5IN2O/c9-6(10)5-3(1-15)7(14)16-2-4(5)17-8(11,12)13/h2,6H,1,15H2. The molecule has 1 heterocycles. The molecule has 17 heavy (non-hydrogen) atoms. The average Bonchev–Trinajstić information content (AvgIpc) is 2.17. The normalized spacial score (nSPS) is 12.0. The second kappa shape index (κ2) is 5.29. The fourth-order valence-corrected chi connectivity index (χ4v) is 1.81. The second-order valence-electron chi connectivity index (χ2n) is 2.86. The van der Waals surface area contributed by atoms with Crippen LogP contribution >= 0.6 is 22.6 Å². The maximum absolute atomic E-state index is 12.7. The van der Waals surface area contributed by atoms with Gasteiger partial charge in [0, 0.05) is 12.1 Å². The van der Waals surface area contributed by atoms with Crippen LogP contribution in [0.2, 0.25) is 0 Å². The molecule has 0 saturated carbocycles. The van der Waals surface area contributed by atoms with Crippen LogP contribution in [-0.2, 0) is 6.54 Å². The quantitative estimate of drug-likeness (QED) is 0.507. The highest BCUT2D eigenvalue weighted by molar-refractivity contribution is 14.1. The van der Waals surface area contributed by atoms with Gasteiger partial charge < -0.3 is 10.5 Å². The first kappa shape index (κ1) is 14.4. The van der Waals surface area contributed by atoms with Crippen molar-refractivity contribution in [2.45, 2.75) is 19.3 Å². The third-order valence-electron chi connectivity index (χ3n) is 1.78. The Bertz CT molecular complexity index is 410. The maximum Gasteiger partial charge on any atom is 0.573 e. The number of hydrogen-bond donors (Lipinski definition) is 1. The highest BCUT2D eigenvalue weighted by Crippen LogP contribution is 2.36. The molecule has 0 atom stereocenters. The van der Waals surface area contributed by atoms with E-state index in [1.54, 1.807) is 22.6 Å². The molecular weight excluding hydrogens is 362 g/mol. The Hall–Kier alpha value is -0.710. The number of hydrogen-bond acceptors (Lipinski definition) is 3. The number of ether oxygens (including phenoxy) is 1. The van der Waals surface area contributed by atoms with E-state index in [2.05, 4.69) is 9.72 Å². The van der Waals surface area contributed by atoms with Crippen LogP contribution in [0.1, 0.15) is 17.6 Å². The van der Waals surface area contributed by atoms with Crippen LogP contribution in [0.4, 0.5) is 22.0 Å². The molecule has 0 spiro atoms. The zero-order valence-corrected chi connectivity index (χ0v) is 10.2. The van der Waals surface area contributed by atoms with E-state index in [0.29, 0.717) is 6.20 Å². The van der Waals surface area contributed by atoms with Crippen LogP contribution in [0.25, 0.3) is 0 Å². The highest BCUT2D eigenvalue weighted by Gasteiger charge is 2.34. The number of nitrogens with two attached hydrogens (primary N) is 1. The van der Waals surface area contributed by atoms with Crippen molar-refractivity contribution in [1.82, 2.24) is 4.98 Å². The van der Waals surface area contributed by atoms with Gasteiger partial charge in [-0.05, 0) is 22.6 Å². The van der Waals surface area contributed by atoms with E-state index >= 15 is 0 Å². The molecule has 0 amide bonds. The van der Waals surface area contributed by atoms with Gasteiger partial charge in [0.1, 0.15) is 3.70 Å². The molecule has 3 nitrogen and oxygen atoms in total. The summed E-state index contributed by atoms with van der Waals surface area (Å²) in [6, 6.07) is 0. The van der Waals surface area contributed by atoms with Gasteiger partial charge in [0.25, 0.3) is 6.43 Å². The Morgan fingerprint density at radius 1 is 1.41 bits per heavy atom. The summed E-state index contributed by atoms with van der Waals surface area (Å²) in [6.45, 7) is -0.347. The Balaban J connectivity index is 3.30.